The first-order chi connectivity index (χ1) is 9.69. The molecular formula is C14H17N3O3. The van der Waals surface area contributed by atoms with Crippen LogP contribution in [0.2, 0.25) is 0 Å². The summed E-state index contributed by atoms with van der Waals surface area (Å²) < 4.78 is 10.3. The van der Waals surface area contributed by atoms with Gasteiger partial charge in [0.1, 0.15) is 11.4 Å². The molecule has 0 aliphatic carbocycles. The van der Waals surface area contributed by atoms with Crippen molar-refractivity contribution in [3.63, 3.8) is 0 Å². The smallest absolute Gasteiger partial charge is 0.319 e. The van der Waals surface area contributed by atoms with Crippen molar-refractivity contribution in [2.45, 2.75) is 19.4 Å². The number of hydrogen-bond donors (Lipinski definition) is 2. The quantitative estimate of drug-likeness (QED) is 0.878. The van der Waals surface area contributed by atoms with Crippen LogP contribution in [0.15, 0.2) is 41.1 Å². The van der Waals surface area contributed by atoms with Gasteiger partial charge in [-0.25, -0.2) is 9.78 Å². The summed E-state index contributed by atoms with van der Waals surface area (Å²) in [6.07, 6.45) is 3.84. The predicted molar refractivity (Wildman–Crippen MR) is 74.8 cm³/mol. The van der Waals surface area contributed by atoms with Crippen LogP contribution in [-0.4, -0.2) is 24.2 Å². The Hall–Kier alpha value is -2.50. The zero-order valence-electron chi connectivity index (χ0n) is 11.4. The molecule has 2 heterocycles. The zero-order valence-corrected chi connectivity index (χ0v) is 11.4. The van der Waals surface area contributed by atoms with Gasteiger partial charge in [0.25, 0.3) is 0 Å². The van der Waals surface area contributed by atoms with Crippen molar-refractivity contribution in [1.29, 1.82) is 0 Å². The summed E-state index contributed by atoms with van der Waals surface area (Å²) in [5.41, 5.74) is 0.526. The summed E-state index contributed by atoms with van der Waals surface area (Å²) in [5, 5.41) is 5.53. The van der Waals surface area contributed by atoms with Gasteiger partial charge in [-0.1, -0.05) is 0 Å². The van der Waals surface area contributed by atoms with Crippen LogP contribution in [0, 0.1) is 0 Å². The van der Waals surface area contributed by atoms with Gasteiger partial charge in [0.15, 0.2) is 0 Å². The van der Waals surface area contributed by atoms with Crippen LogP contribution in [0.1, 0.15) is 12.7 Å². The molecule has 0 saturated carbocycles. The molecular weight excluding hydrogens is 258 g/mol. The van der Waals surface area contributed by atoms with E-state index in [1.54, 1.807) is 24.6 Å². The Bertz CT molecular complexity index is 555. The fourth-order valence-electron chi connectivity index (χ4n) is 1.81. The van der Waals surface area contributed by atoms with E-state index in [1.807, 2.05) is 19.1 Å². The lowest BCUT2D eigenvalue weighted by Crippen LogP contribution is -2.37. The maximum absolute atomic E-state index is 11.9. The summed E-state index contributed by atoms with van der Waals surface area (Å²) in [4.78, 5) is 15.9. The van der Waals surface area contributed by atoms with Crippen LogP contribution in [0.4, 0.5) is 10.5 Å². The molecule has 0 aliphatic heterocycles. The minimum atomic E-state index is -0.310. The third kappa shape index (κ3) is 3.74. The molecule has 2 aromatic heterocycles. The largest absolute Gasteiger partial charge is 0.480 e. The molecule has 106 valence electrons. The van der Waals surface area contributed by atoms with E-state index in [2.05, 4.69) is 15.6 Å². The lowest BCUT2D eigenvalue weighted by molar-refractivity contribution is 0.248. The summed E-state index contributed by atoms with van der Waals surface area (Å²) in [5.74, 6) is 1.21. The number of hydrogen-bond acceptors (Lipinski definition) is 4. The normalized spacial score (nSPS) is 11.7. The number of urea groups is 1. The van der Waals surface area contributed by atoms with Gasteiger partial charge in [-0.15, -0.1) is 0 Å². The van der Waals surface area contributed by atoms with Crippen LogP contribution >= 0.6 is 0 Å². The second kappa shape index (κ2) is 6.60. The Kier molecular flexibility index (Phi) is 4.60. The first-order valence-electron chi connectivity index (χ1n) is 6.28. The molecule has 1 atom stereocenters. The number of aromatic nitrogens is 1. The van der Waals surface area contributed by atoms with Gasteiger partial charge in [0.2, 0.25) is 5.88 Å². The van der Waals surface area contributed by atoms with Crippen LogP contribution in [-0.2, 0) is 6.42 Å². The van der Waals surface area contributed by atoms with Gasteiger partial charge in [-0.05, 0) is 31.2 Å². The van der Waals surface area contributed by atoms with Crippen molar-refractivity contribution >= 4 is 11.7 Å². The molecule has 0 spiro atoms. The maximum atomic E-state index is 11.9. The first kappa shape index (κ1) is 13.9. The monoisotopic (exact) mass is 275 g/mol. The first-order valence-corrected chi connectivity index (χ1v) is 6.28. The van der Waals surface area contributed by atoms with Crippen molar-refractivity contribution in [3.8, 4) is 5.88 Å². The second-order valence-corrected chi connectivity index (χ2v) is 4.34. The molecule has 0 fully saturated rings. The highest BCUT2D eigenvalue weighted by Crippen LogP contribution is 2.19. The maximum Gasteiger partial charge on any atom is 0.319 e. The van der Waals surface area contributed by atoms with E-state index in [4.69, 9.17) is 9.15 Å². The van der Waals surface area contributed by atoms with Crippen molar-refractivity contribution in [2.75, 3.05) is 12.4 Å². The molecule has 6 nitrogen and oxygen atoms in total. The van der Waals surface area contributed by atoms with Gasteiger partial charge in [-0.2, -0.15) is 0 Å². The van der Waals surface area contributed by atoms with Crippen molar-refractivity contribution in [2.24, 2.45) is 0 Å². The number of methoxy groups -OCH3 is 1. The van der Waals surface area contributed by atoms with Gasteiger partial charge in [-0.3, -0.25) is 0 Å². The van der Waals surface area contributed by atoms with Gasteiger partial charge < -0.3 is 19.8 Å². The number of anilines is 1. The van der Waals surface area contributed by atoms with E-state index in [9.17, 15) is 4.79 Å². The van der Waals surface area contributed by atoms with Crippen LogP contribution < -0.4 is 15.4 Å². The van der Waals surface area contributed by atoms with Crippen LogP contribution in [0.25, 0.3) is 0 Å². The number of nitrogens with one attached hydrogen (secondary N) is 2. The number of carbonyl (C=O) groups excluding carboxylic acids is 1. The number of nitrogens with zero attached hydrogens (tertiary/aromatic N) is 1. The number of ether oxygens (including phenoxy) is 1. The average Bonchev–Trinajstić information content (AvgIpc) is 2.91. The molecule has 2 rings (SSSR count). The SMILES string of the molecule is COc1ncccc1NC(=O)N[C@H](C)Cc1ccco1. The Labute approximate surface area is 117 Å². The van der Waals surface area contributed by atoms with Crippen molar-refractivity contribution in [1.82, 2.24) is 10.3 Å². The van der Waals surface area contributed by atoms with Crippen LogP contribution in [0.5, 0.6) is 5.88 Å². The summed E-state index contributed by atoms with van der Waals surface area (Å²) >= 11 is 0. The van der Waals surface area contributed by atoms with E-state index >= 15 is 0 Å². The van der Waals surface area contributed by atoms with Crippen molar-refractivity contribution in [3.05, 3.63) is 42.5 Å². The summed E-state index contributed by atoms with van der Waals surface area (Å²) in [7, 11) is 1.50. The number of furan rings is 1. The minimum Gasteiger partial charge on any atom is -0.480 e. The Morgan fingerprint density at radius 1 is 1.45 bits per heavy atom. The topological polar surface area (TPSA) is 76.4 Å². The Morgan fingerprint density at radius 3 is 3.00 bits per heavy atom. The number of pyridine rings is 1. The van der Waals surface area contributed by atoms with Gasteiger partial charge in [0, 0.05) is 18.7 Å². The lowest BCUT2D eigenvalue weighted by atomic mass is 10.2. The van der Waals surface area contributed by atoms with Crippen LogP contribution in [0.3, 0.4) is 0 Å². The average molecular weight is 275 g/mol. The molecule has 6 heteroatoms. The van der Waals surface area contributed by atoms with E-state index in [1.165, 1.54) is 7.11 Å². The lowest BCUT2D eigenvalue weighted by Gasteiger charge is -2.14. The van der Waals surface area contributed by atoms with E-state index in [-0.39, 0.29) is 12.1 Å². The minimum absolute atomic E-state index is 0.0520. The molecule has 2 N–H and O–H groups in total. The highest BCUT2D eigenvalue weighted by molar-refractivity contribution is 5.90. The van der Waals surface area contributed by atoms with E-state index in [0.29, 0.717) is 18.0 Å². The number of carbonyl (C=O) groups is 1. The molecule has 20 heavy (non-hydrogen) atoms. The second-order valence-electron chi connectivity index (χ2n) is 4.34. The standard InChI is InChI=1S/C14H17N3O3/c1-10(9-11-5-4-8-20-11)16-14(18)17-12-6-3-7-15-13(12)19-2/h3-8,10H,9H2,1-2H3,(H2,16,17,18)/t10-/m1/s1. The highest BCUT2D eigenvalue weighted by atomic mass is 16.5. The molecule has 0 saturated heterocycles. The molecule has 0 unspecified atom stereocenters. The third-order valence-electron chi connectivity index (χ3n) is 2.68. The molecule has 0 aliphatic rings. The fourth-order valence-corrected chi connectivity index (χ4v) is 1.81. The van der Waals surface area contributed by atoms with E-state index in [0.717, 1.165) is 5.76 Å². The molecule has 2 amide bonds. The molecule has 0 aromatic carbocycles. The fraction of sp³-hybridized carbons (Fsp3) is 0.286. The molecule has 0 radical (unpaired) electrons. The highest BCUT2D eigenvalue weighted by Gasteiger charge is 2.11. The van der Waals surface area contributed by atoms with E-state index < -0.39 is 0 Å². The third-order valence-corrected chi connectivity index (χ3v) is 2.68. The Morgan fingerprint density at radius 2 is 2.30 bits per heavy atom. The summed E-state index contributed by atoms with van der Waals surface area (Å²) in [6, 6.07) is 6.79. The predicted octanol–water partition coefficient (Wildman–Crippen LogP) is 2.44. The van der Waals surface area contributed by atoms with Crippen molar-refractivity contribution < 1.29 is 13.9 Å². The molecule has 2 aromatic rings. The molecule has 0 bridgehead atoms. The number of amides is 2. The summed E-state index contributed by atoms with van der Waals surface area (Å²) in [6.45, 7) is 1.91. The number of rotatable bonds is 5. The zero-order chi connectivity index (χ0) is 14.4. The van der Waals surface area contributed by atoms with Gasteiger partial charge >= 0.3 is 6.03 Å². The Balaban J connectivity index is 1.88. The van der Waals surface area contributed by atoms with Gasteiger partial charge in [0.05, 0.1) is 13.4 Å².